The number of piperidine rings is 1. The molecule has 0 spiro atoms. The van der Waals surface area contributed by atoms with Crippen LogP contribution in [0.1, 0.15) is 41.3 Å². The summed E-state index contributed by atoms with van der Waals surface area (Å²) in [5.74, 6) is 0.00759. The van der Waals surface area contributed by atoms with E-state index in [0.717, 1.165) is 30.5 Å². The average Bonchev–Trinajstić information content (AvgIpc) is 3.18. The number of aromatic nitrogens is 3. The molecule has 1 aliphatic heterocycles. The van der Waals surface area contributed by atoms with Crippen LogP contribution in [-0.2, 0) is 10.0 Å². The predicted molar refractivity (Wildman–Crippen MR) is 123 cm³/mol. The lowest BCUT2D eigenvalue weighted by Crippen LogP contribution is -2.35. The highest BCUT2D eigenvalue weighted by Crippen LogP contribution is 2.25. The molecule has 0 saturated carbocycles. The lowest BCUT2D eigenvalue weighted by Gasteiger charge is -2.26. The Morgan fingerprint density at radius 3 is 2.41 bits per heavy atom. The van der Waals surface area contributed by atoms with Crippen LogP contribution >= 0.6 is 11.6 Å². The number of nitrogens with one attached hydrogen (secondary N) is 1. The van der Waals surface area contributed by atoms with Crippen LogP contribution in [0.4, 0.5) is 5.69 Å². The van der Waals surface area contributed by atoms with Gasteiger partial charge in [-0.15, -0.1) is 5.10 Å². The second-order valence-corrected chi connectivity index (χ2v) is 10.1. The van der Waals surface area contributed by atoms with E-state index < -0.39 is 15.9 Å². The van der Waals surface area contributed by atoms with Crippen molar-refractivity contribution in [2.75, 3.05) is 18.4 Å². The molecule has 1 amide bonds. The zero-order valence-electron chi connectivity index (χ0n) is 17.9. The smallest absolute Gasteiger partial charge is 0.295 e. The van der Waals surface area contributed by atoms with E-state index in [1.165, 1.54) is 10.4 Å². The highest BCUT2D eigenvalue weighted by atomic mass is 35.5. The molecule has 4 rings (SSSR count). The Kier molecular flexibility index (Phi) is 6.32. The molecule has 1 saturated heterocycles. The molecule has 10 heteroatoms. The lowest BCUT2D eigenvalue weighted by atomic mass is 10.2. The Hall–Kier alpha value is -2.75. The van der Waals surface area contributed by atoms with Crippen LogP contribution in [0.3, 0.4) is 0 Å². The molecule has 0 atom stereocenters. The molecule has 1 fully saturated rings. The molecular formula is C22H24ClN5O3S. The number of amides is 1. The molecule has 0 radical (unpaired) electrons. The molecule has 2 heterocycles. The molecule has 32 heavy (non-hydrogen) atoms. The molecule has 3 aromatic rings. The Morgan fingerprint density at radius 1 is 1.03 bits per heavy atom. The van der Waals surface area contributed by atoms with Gasteiger partial charge < -0.3 is 5.32 Å². The summed E-state index contributed by atoms with van der Waals surface area (Å²) < 4.78 is 29.1. The fraction of sp³-hybridized carbons (Fsp3) is 0.318. The maximum atomic E-state index is 13.0. The minimum atomic E-state index is -3.61. The van der Waals surface area contributed by atoms with Crippen molar-refractivity contribution in [2.24, 2.45) is 0 Å². The number of rotatable bonds is 5. The summed E-state index contributed by atoms with van der Waals surface area (Å²) in [6.07, 6.45) is 2.75. The van der Waals surface area contributed by atoms with Crippen molar-refractivity contribution in [1.82, 2.24) is 19.1 Å². The maximum Gasteiger partial charge on any atom is 0.295 e. The fourth-order valence-corrected chi connectivity index (χ4v) is 5.31. The Balaban J connectivity index is 1.58. The van der Waals surface area contributed by atoms with Crippen molar-refractivity contribution in [3.05, 3.63) is 64.7 Å². The number of nitrogens with zero attached hydrogens (tertiary/aromatic N) is 4. The number of carbonyl (C=O) groups is 1. The van der Waals surface area contributed by atoms with E-state index in [-0.39, 0.29) is 10.7 Å². The number of halogens is 1. The Bertz CT molecular complexity index is 1250. The van der Waals surface area contributed by atoms with E-state index in [1.807, 2.05) is 0 Å². The SMILES string of the molecule is Cc1ccc(S(=O)(=O)N2CCCCC2)cc1NC(=O)c1nc(C)n(-c2ccc(Cl)cc2)n1. The van der Waals surface area contributed by atoms with Crippen molar-refractivity contribution in [3.8, 4) is 5.69 Å². The summed E-state index contributed by atoms with van der Waals surface area (Å²) in [6.45, 7) is 4.58. The third kappa shape index (κ3) is 4.55. The lowest BCUT2D eigenvalue weighted by molar-refractivity contribution is 0.101. The van der Waals surface area contributed by atoms with Gasteiger partial charge in [0, 0.05) is 23.8 Å². The van der Waals surface area contributed by atoms with E-state index in [1.54, 1.807) is 54.9 Å². The van der Waals surface area contributed by atoms with E-state index in [4.69, 9.17) is 11.6 Å². The topological polar surface area (TPSA) is 97.2 Å². The first-order valence-corrected chi connectivity index (χ1v) is 12.2. The fourth-order valence-electron chi connectivity index (χ4n) is 3.64. The second-order valence-electron chi connectivity index (χ2n) is 7.77. The number of anilines is 1. The average molecular weight is 474 g/mol. The molecule has 0 aliphatic carbocycles. The predicted octanol–water partition coefficient (Wildman–Crippen LogP) is 3.96. The van der Waals surface area contributed by atoms with E-state index in [0.29, 0.717) is 29.6 Å². The standard InChI is InChI=1S/C22H24ClN5O3S/c1-15-6-11-19(32(30,31)27-12-4-3-5-13-27)14-20(15)25-22(29)21-24-16(2)28(26-21)18-9-7-17(23)8-10-18/h6-11,14H,3-5,12-13H2,1-2H3,(H,25,29). The van der Waals surface area contributed by atoms with Gasteiger partial charge >= 0.3 is 0 Å². The van der Waals surface area contributed by atoms with E-state index >= 15 is 0 Å². The van der Waals surface area contributed by atoms with Crippen molar-refractivity contribution in [1.29, 1.82) is 0 Å². The van der Waals surface area contributed by atoms with Gasteiger partial charge in [0.1, 0.15) is 5.82 Å². The van der Waals surface area contributed by atoms with Crippen molar-refractivity contribution in [3.63, 3.8) is 0 Å². The van der Waals surface area contributed by atoms with Gasteiger partial charge in [-0.3, -0.25) is 4.79 Å². The minimum Gasteiger partial charge on any atom is -0.319 e. The van der Waals surface area contributed by atoms with Crippen LogP contribution < -0.4 is 5.32 Å². The summed E-state index contributed by atoms with van der Waals surface area (Å²) in [5, 5.41) is 7.66. The van der Waals surface area contributed by atoms with Gasteiger partial charge in [-0.1, -0.05) is 24.1 Å². The largest absolute Gasteiger partial charge is 0.319 e. The van der Waals surface area contributed by atoms with Gasteiger partial charge in [0.05, 0.1) is 10.6 Å². The summed E-state index contributed by atoms with van der Waals surface area (Å²) in [5.41, 5.74) is 1.88. The zero-order valence-corrected chi connectivity index (χ0v) is 19.4. The third-order valence-electron chi connectivity index (χ3n) is 5.45. The van der Waals surface area contributed by atoms with Crippen LogP contribution in [0.5, 0.6) is 0 Å². The molecule has 168 valence electrons. The van der Waals surface area contributed by atoms with Gasteiger partial charge in [0.25, 0.3) is 5.91 Å². The van der Waals surface area contributed by atoms with Gasteiger partial charge in [-0.2, -0.15) is 4.31 Å². The van der Waals surface area contributed by atoms with Crippen LogP contribution in [0.15, 0.2) is 47.4 Å². The number of hydrogen-bond donors (Lipinski definition) is 1. The van der Waals surface area contributed by atoms with E-state index in [9.17, 15) is 13.2 Å². The second kappa shape index (κ2) is 9.01. The van der Waals surface area contributed by atoms with Crippen LogP contribution in [0, 0.1) is 13.8 Å². The van der Waals surface area contributed by atoms with Crippen LogP contribution in [-0.4, -0.2) is 46.5 Å². The van der Waals surface area contributed by atoms with Gasteiger partial charge in [-0.05, 0) is 68.7 Å². The minimum absolute atomic E-state index is 0.0128. The Morgan fingerprint density at radius 2 is 1.72 bits per heavy atom. The highest BCUT2D eigenvalue weighted by Gasteiger charge is 2.27. The van der Waals surface area contributed by atoms with Crippen molar-refractivity contribution < 1.29 is 13.2 Å². The quantitative estimate of drug-likeness (QED) is 0.604. The van der Waals surface area contributed by atoms with E-state index in [2.05, 4.69) is 15.4 Å². The Labute approximate surface area is 192 Å². The number of hydrogen-bond acceptors (Lipinski definition) is 5. The van der Waals surface area contributed by atoms with Crippen LogP contribution in [0.25, 0.3) is 5.69 Å². The summed E-state index contributed by atoms with van der Waals surface area (Å²) in [4.78, 5) is 17.3. The maximum absolute atomic E-state index is 13.0. The number of carbonyl (C=O) groups excluding carboxylic acids is 1. The zero-order chi connectivity index (χ0) is 22.9. The molecule has 1 aliphatic rings. The van der Waals surface area contributed by atoms with Gasteiger partial charge in [0.2, 0.25) is 15.8 Å². The molecular weight excluding hydrogens is 450 g/mol. The third-order valence-corrected chi connectivity index (χ3v) is 7.60. The van der Waals surface area contributed by atoms with Crippen molar-refractivity contribution in [2.45, 2.75) is 38.0 Å². The normalized spacial score (nSPS) is 15.0. The molecule has 2 aromatic carbocycles. The van der Waals surface area contributed by atoms with Crippen molar-refractivity contribution >= 4 is 33.2 Å². The number of benzene rings is 2. The first-order valence-electron chi connectivity index (χ1n) is 10.4. The van der Waals surface area contributed by atoms with Gasteiger partial charge in [0.15, 0.2) is 0 Å². The highest BCUT2D eigenvalue weighted by molar-refractivity contribution is 7.89. The summed E-state index contributed by atoms with van der Waals surface area (Å²) >= 11 is 5.94. The number of sulfonamides is 1. The monoisotopic (exact) mass is 473 g/mol. The molecule has 1 aromatic heterocycles. The molecule has 8 nitrogen and oxygen atoms in total. The molecule has 0 unspecified atom stereocenters. The molecule has 0 bridgehead atoms. The first kappa shape index (κ1) is 22.4. The summed E-state index contributed by atoms with van der Waals surface area (Å²) in [7, 11) is -3.61. The first-order chi connectivity index (χ1) is 15.3. The number of aryl methyl sites for hydroxylation is 2. The summed E-state index contributed by atoms with van der Waals surface area (Å²) in [6, 6.07) is 11.8. The van der Waals surface area contributed by atoms with Crippen LogP contribution in [0.2, 0.25) is 5.02 Å². The molecule has 1 N–H and O–H groups in total. The van der Waals surface area contributed by atoms with Gasteiger partial charge in [-0.25, -0.2) is 18.1 Å².